The number of hydrogen-bond acceptors (Lipinski definition) is 5. The Balaban J connectivity index is 1.69. The quantitative estimate of drug-likeness (QED) is 0.418. The standard InChI is InChI=1S/C24H25N3O3S/c1-3-4-14-27-22(21(26-24(27)31)18-10-5-6-13-25-18)20-12-11-19(30-20)16-8-7-9-17(15-16)23(28)29-2/h5-13,15,21-22H,3-4,14H2,1-2H3,(H,26,31)/t21-,22+/m1/s1. The molecule has 2 aromatic heterocycles. The van der Waals surface area contributed by atoms with Gasteiger partial charge in [0, 0.05) is 18.3 Å². The number of hydrogen-bond donors (Lipinski definition) is 1. The molecule has 3 heterocycles. The fourth-order valence-corrected chi connectivity index (χ4v) is 4.20. The van der Waals surface area contributed by atoms with Crippen LogP contribution >= 0.6 is 12.2 Å². The van der Waals surface area contributed by atoms with Crippen LogP contribution in [-0.2, 0) is 4.74 Å². The first kappa shape index (κ1) is 21.1. The van der Waals surface area contributed by atoms with Crippen molar-refractivity contribution in [2.24, 2.45) is 0 Å². The highest BCUT2D eigenvalue weighted by molar-refractivity contribution is 7.80. The minimum Gasteiger partial charge on any atom is -0.465 e. The highest BCUT2D eigenvalue weighted by Crippen LogP contribution is 2.40. The molecule has 1 fully saturated rings. The van der Waals surface area contributed by atoms with Gasteiger partial charge < -0.3 is 19.4 Å². The summed E-state index contributed by atoms with van der Waals surface area (Å²) in [6.07, 6.45) is 3.89. The average Bonchev–Trinajstić information content (AvgIpc) is 3.42. The van der Waals surface area contributed by atoms with E-state index in [0.29, 0.717) is 16.4 Å². The van der Waals surface area contributed by atoms with E-state index in [-0.39, 0.29) is 18.1 Å². The zero-order valence-electron chi connectivity index (χ0n) is 17.6. The summed E-state index contributed by atoms with van der Waals surface area (Å²) in [6.45, 7) is 3.00. The Bertz CT molecular complexity index is 1070. The Morgan fingerprint density at radius 2 is 2.10 bits per heavy atom. The van der Waals surface area contributed by atoms with Gasteiger partial charge in [-0.15, -0.1) is 0 Å². The van der Waals surface area contributed by atoms with Crippen molar-refractivity contribution in [1.82, 2.24) is 15.2 Å². The molecule has 31 heavy (non-hydrogen) atoms. The molecule has 4 rings (SSSR count). The number of unbranched alkanes of at least 4 members (excludes halogenated alkanes) is 1. The number of ether oxygens (including phenoxy) is 1. The van der Waals surface area contributed by atoms with Crippen molar-refractivity contribution in [3.05, 3.63) is 77.8 Å². The Morgan fingerprint density at radius 3 is 2.84 bits per heavy atom. The van der Waals surface area contributed by atoms with Gasteiger partial charge in [0.2, 0.25) is 0 Å². The van der Waals surface area contributed by atoms with E-state index in [1.807, 2.05) is 42.5 Å². The molecule has 0 unspecified atom stereocenters. The molecule has 1 aliphatic heterocycles. The molecule has 0 bridgehead atoms. The second-order valence-electron chi connectivity index (χ2n) is 7.45. The predicted molar refractivity (Wildman–Crippen MR) is 123 cm³/mol. The van der Waals surface area contributed by atoms with E-state index in [2.05, 4.69) is 22.1 Å². The zero-order valence-corrected chi connectivity index (χ0v) is 18.4. The van der Waals surface area contributed by atoms with Crippen LogP contribution < -0.4 is 5.32 Å². The number of rotatable bonds is 7. The average molecular weight is 436 g/mol. The molecule has 1 aromatic carbocycles. The first-order valence-corrected chi connectivity index (χ1v) is 10.8. The number of carbonyl (C=O) groups excluding carboxylic acids is 1. The summed E-state index contributed by atoms with van der Waals surface area (Å²) >= 11 is 5.66. The number of furan rings is 1. The van der Waals surface area contributed by atoms with E-state index < -0.39 is 0 Å². The van der Waals surface area contributed by atoms with E-state index in [0.717, 1.165) is 36.4 Å². The minimum absolute atomic E-state index is 0.105. The second-order valence-corrected chi connectivity index (χ2v) is 7.83. The van der Waals surface area contributed by atoms with Gasteiger partial charge in [0.05, 0.1) is 24.4 Å². The zero-order chi connectivity index (χ0) is 21.8. The topological polar surface area (TPSA) is 67.6 Å². The van der Waals surface area contributed by atoms with Crippen LogP contribution in [0, 0.1) is 0 Å². The normalized spacial score (nSPS) is 18.1. The molecule has 0 spiro atoms. The third kappa shape index (κ3) is 4.32. The van der Waals surface area contributed by atoms with Crippen LogP contribution in [0.1, 0.15) is 53.7 Å². The maximum absolute atomic E-state index is 11.9. The number of benzene rings is 1. The second kappa shape index (κ2) is 9.31. The van der Waals surface area contributed by atoms with Gasteiger partial charge >= 0.3 is 5.97 Å². The summed E-state index contributed by atoms with van der Waals surface area (Å²) in [6, 6.07) is 16.8. The van der Waals surface area contributed by atoms with Gasteiger partial charge in [-0.3, -0.25) is 4.98 Å². The summed E-state index contributed by atoms with van der Waals surface area (Å²) < 4.78 is 11.1. The Labute approximate surface area is 187 Å². The maximum atomic E-state index is 11.9. The lowest BCUT2D eigenvalue weighted by Gasteiger charge is -2.25. The Kier molecular flexibility index (Phi) is 6.32. The fraction of sp³-hybridized carbons (Fsp3) is 0.292. The van der Waals surface area contributed by atoms with Crippen molar-refractivity contribution in [3.8, 4) is 11.3 Å². The summed E-state index contributed by atoms with van der Waals surface area (Å²) in [4.78, 5) is 18.6. The van der Waals surface area contributed by atoms with Crippen molar-refractivity contribution >= 4 is 23.3 Å². The fourth-order valence-electron chi connectivity index (χ4n) is 3.87. The number of pyridine rings is 1. The molecule has 160 valence electrons. The third-order valence-corrected chi connectivity index (χ3v) is 5.79. The summed E-state index contributed by atoms with van der Waals surface area (Å²) in [5.41, 5.74) is 2.22. The van der Waals surface area contributed by atoms with E-state index in [1.54, 1.807) is 18.3 Å². The van der Waals surface area contributed by atoms with Gasteiger partial charge in [0.1, 0.15) is 17.6 Å². The van der Waals surface area contributed by atoms with E-state index >= 15 is 0 Å². The molecule has 0 amide bonds. The van der Waals surface area contributed by atoms with E-state index in [1.165, 1.54) is 7.11 Å². The summed E-state index contributed by atoms with van der Waals surface area (Å²) in [5, 5.41) is 4.14. The van der Waals surface area contributed by atoms with Gasteiger partial charge in [-0.2, -0.15) is 0 Å². The molecule has 2 atom stereocenters. The number of thiocarbonyl (C=S) groups is 1. The van der Waals surface area contributed by atoms with Crippen LogP contribution in [0.15, 0.2) is 65.2 Å². The highest BCUT2D eigenvalue weighted by atomic mass is 32.1. The minimum atomic E-state index is -0.375. The van der Waals surface area contributed by atoms with Crippen LogP contribution in [0.4, 0.5) is 0 Å². The van der Waals surface area contributed by atoms with Crippen molar-refractivity contribution in [3.63, 3.8) is 0 Å². The van der Waals surface area contributed by atoms with Crippen molar-refractivity contribution in [2.75, 3.05) is 13.7 Å². The number of aromatic nitrogens is 1. The van der Waals surface area contributed by atoms with E-state index in [9.17, 15) is 4.79 Å². The summed E-state index contributed by atoms with van der Waals surface area (Å²) in [7, 11) is 1.37. The van der Waals surface area contributed by atoms with Crippen molar-refractivity contribution < 1.29 is 13.9 Å². The number of carbonyl (C=O) groups is 1. The molecule has 0 radical (unpaired) electrons. The molecule has 0 aliphatic carbocycles. The molecular weight excluding hydrogens is 410 g/mol. The monoisotopic (exact) mass is 435 g/mol. The van der Waals surface area contributed by atoms with Gasteiger partial charge in [-0.1, -0.05) is 31.5 Å². The smallest absolute Gasteiger partial charge is 0.337 e. The molecular formula is C24H25N3O3S. The Hall–Kier alpha value is -3.19. The lowest BCUT2D eigenvalue weighted by Crippen LogP contribution is -2.30. The predicted octanol–water partition coefficient (Wildman–Crippen LogP) is 4.90. The SMILES string of the molecule is CCCCN1C(=S)N[C@H](c2ccccn2)[C@@H]1c1ccc(-c2cccc(C(=O)OC)c2)o1. The number of esters is 1. The molecule has 3 aromatic rings. The van der Waals surface area contributed by atoms with Crippen LogP contribution in [0.5, 0.6) is 0 Å². The van der Waals surface area contributed by atoms with Gasteiger partial charge in [0.25, 0.3) is 0 Å². The van der Waals surface area contributed by atoms with Crippen molar-refractivity contribution in [2.45, 2.75) is 31.8 Å². The molecule has 1 saturated heterocycles. The van der Waals surface area contributed by atoms with Crippen molar-refractivity contribution in [1.29, 1.82) is 0 Å². The first-order chi connectivity index (χ1) is 15.1. The third-order valence-electron chi connectivity index (χ3n) is 5.44. The molecule has 6 nitrogen and oxygen atoms in total. The van der Waals surface area contributed by atoms with Gasteiger partial charge in [-0.25, -0.2) is 4.79 Å². The molecule has 7 heteroatoms. The van der Waals surface area contributed by atoms with Gasteiger partial charge in [0.15, 0.2) is 5.11 Å². The highest BCUT2D eigenvalue weighted by Gasteiger charge is 2.41. The molecule has 1 N–H and O–H groups in total. The summed E-state index contributed by atoms with van der Waals surface area (Å²) in [5.74, 6) is 1.12. The van der Waals surface area contributed by atoms with Crippen LogP contribution in [0.2, 0.25) is 0 Å². The first-order valence-electron chi connectivity index (χ1n) is 10.4. The van der Waals surface area contributed by atoms with Crippen LogP contribution in [0.3, 0.4) is 0 Å². The van der Waals surface area contributed by atoms with Gasteiger partial charge in [-0.05, 0) is 55.0 Å². The van der Waals surface area contributed by atoms with E-state index in [4.69, 9.17) is 21.4 Å². The largest absolute Gasteiger partial charge is 0.465 e. The van der Waals surface area contributed by atoms with Crippen LogP contribution in [-0.4, -0.2) is 34.6 Å². The Morgan fingerprint density at radius 1 is 1.23 bits per heavy atom. The molecule has 1 aliphatic rings. The number of nitrogens with one attached hydrogen (secondary N) is 1. The lowest BCUT2D eigenvalue weighted by molar-refractivity contribution is 0.0601. The number of methoxy groups -OCH3 is 1. The lowest BCUT2D eigenvalue weighted by atomic mass is 10.0. The maximum Gasteiger partial charge on any atom is 0.337 e. The number of nitrogens with zero attached hydrogens (tertiary/aromatic N) is 2. The van der Waals surface area contributed by atoms with Crippen LogP contribution in [0.25, 0.3) is 11.3 Å². The molecule has 0 saturated carbocycles.